The summed E-state index contributed by atoms with van der Waals surface area (Å²) in [6.45, 7) is 8.92. The van der Waals surface area contributed by atoms with Gasteiger partial charge in [0, 0.05) is 11.8 Å². The minimum atomic E-state index is -4.61. The van der Waals surface area contributed by atoms with Gasteiger partial charge in [0.1, 0.15) is 0 Å². The van der Waals surface area contributed by atoms with Crippen molar-refractivity contribution in [2.24, 2.45) is 11.8 Å². The molecule has 0 radical (unpaired) electrons. The van der Waals surface area contributed by atoms with E-state index < -0.39 is 20.8 Å². The molecule has 2 unspecified atom stereocenters. The van der Waals surface area contributed by atoms with Crippen LogP contribution in [0.25, 0.3) is 0 Å². The van der Waals surface area contributed by atoms with E-state index in [2.05, 4.69) is 60.4 Å². The minimum Gasteiger partial charge on any atom is -0.726 e. The van der Waals surface area contributed by atoms with Crippen LogP contribution in [0.5, 0.6) is 0 Å². The molecule has 0 aromatic rings. The van der Waals surface area contributed by atoms with Crippen LogP contribution in [0.15, 0.2) is 24.3 Å². The van der Waals surface area contributed by atoms with E-state index in [-0.39, 0.29) is 62.8 Å². The number of allylic oxidation sites excluding steroid dienone is 2. The molecule has 0 fully saturated rings. The molecule has 11 heteroatoms. The van der Waals surface area contributed by atoms with E-state index in [1.807, 2.05) is 0 Å². The van der Waals surface area contributed by atoms with Gasteiger partial charge < -0.3 is 9.11 Å². The zero-order valence-corrected chi connectivity index (χ0v) is 45.8. The zero-order chi connectivity index (χ0) is 46.1. The third kappa shape index (κ3) is 62.5. The predicted octanol–water partition coefficient (Wildman–Crippen LogP) is 16.6. The smallest absolute Gasteiger partial charge is 0.726 e. The molecule has 372 valence electrons. The maximum absolute atomic E-state index is 10.8. The van der Waals surface area contributed by atoms with Crippen molar-refractivity contribution in [3.63, 3.8) is 0 Å². The van der Waals surface area contributed by atoms with E-state index in [1.54, 1.807) is 0 Å². The van der Waals surface area contributed by atoms with Crippen LogP contribution in [0.1, 0.15) is 285 Å². The molecular weight excluding hydrogens is 857 g/mol. The first-order valence-electron chi connectivity index (χ1n) is 26.5. The zero-order valence-electron chi connectivity index (χ0n) is 42.0. The Morgan fingerprint density at radius 2 is 0.556 bits per heavy atom. The second kappa shape index (κ2) is 53.4. The second-order valence-electron chi connectivity index (χ2n) is 18.2. The fourth-order valence-corrected chi connectivity index (χ4v) is 8.65. The maximum Gasteiger partial charge on any atom is 2.00 e. The van der Waals surface area contributed by atoms with Crippen LogP contribution in [-0.2, 0) is 29.2 Å². The summed E-state index contributed by atoms with van der Waals surface area (Å²) < 4.78 is 73.9. The molecule has 0 aromatic carbocycles. The molecule has 0 amide bonds. The van der Waals surface area contributed by atoms with E-state index in [9.17, 15) is 25.9 Å². The van der Waals surface area contributed by atoms with Crippen LogP contribution in [0.3, 0.4) is 0 Å². The molecule has 0 aromatic heterocycles. The first kappa shape index (κ1) is 67.7. The molecule has 0 aliphatic heterocycles. The van der Waals surface area contributed by atoms with Gasteiger partial charge in [0.15, 0.2) is 0 Å². The molecule has 0 bridgehead atoms. The van der Waals surface area contributed by atoms with E-state index in [4.69, 9.17) is 0 Å². The van der Waals surface area contributed by atoms with Crippen molar-refractivity contribution >= 4 is 58.5 Å². The van der Waals surface area contributed by atoms with Crippen LogP contribution in [-0.4, -0.2) is 76.9 Å². The Bertz CT molecular complexity index is 1070. The molecule has 0 aliphatic carbocycles. The average Bonchev–Trinajstić information content (AvgIpc) is 3.23. The molecular formula is C52H102CaO8S2. The summed E-state index contributed by atoms with van der Waals surface area (Å²) in [5.74, 6) is 0.0409. The molecule has 0 aliphatic rings. The van der Waals surface area contributed by atoms with Crippen molar-refractivity contribution < 1.29 is 34.3 Å². The fraction of sp³-hybridized carbons (Fsp3) is 0.923. The van der Waals surface area contributed by atoms with Crippen LogP contribution in [0, 0.1) is 11.8 Å². The van der Waals surface area contributed by atoms with Gasteiger partial charge in [-0.05, 0) is 38.5 Å². The van der Waals surface area contributed by atoms with Crippen LogP contribution in [0.2, 0.25) is 0 Å². The Labute approximate surface area is 423 Å². The Morgan fingerprint density at radius 1 is 0.349 bits per heavy atom. The monoisotopic (exact) mass is 959 g/mol. The second-order valence-corrected chi connectivity index (χ2v) is 20.3. The van der Waals surface area contributed by atoms with Crippen molar-refractivity contribution in [3.8, 4) is 0 Å². The molecule has 2 atom stereocenters. The van der Waals surface area contributed by atoms with Crippen molar-refractivity contribution in [2.75, 3.05) is 13.2 Å². The third-order valence-electron chi connectivity index (χ3n) is 12.0. The number of rotatable bonds is 48. The van der Waals surface area contributed by atoms with Gasteiger partial charge in [-0.25, -0.2) is 16.8 Å². The van der Waals surface area contributed by atoms with Crippen LogP contribution < -0.4 is 0 Å². The van der Waals surface area contributed by atoms with E-state index >= 15 is 0 Å². The Hall–Kier alpha value is 0.480. The van der Waals surface area contributed by atoms with E-state index in [1.165, 1.54) is 218 Å². The standard InChI is InChI=1S/2C26H52O4S.Ca/c2*1-3-5-7-9-11-12-13-14-15-16-18-20-22-24-26(25-30-31(27,28)29)23-21-19-17-10-8-6-4-2;/h2*21,23,26H,3-20,22,24-25H2,1-2H3,(H,27,28,29);/q;;+2/p-2/b2*23-21+;. The van der Waals surface area contributed by atoms with Crippen LogP contribution >= 0.6 is 0 Å². The van der Waals surface area contributed by atoms with Gasteiger partial charge in [0.05, 0.1) is 13.2 Å². The van der Waals surface area contributed by atoms with Gasteiger partial charge in [-0.15, -0.1) is 0 Å². The first-order valence-corrected chi connectivity index (χ1v) is 29.2. The summed E-state index contributed by atoms with van der Waals surface area (Å²) in [7, 11) is -9.21. The molecule has 0 saturated carbocycles. The van der Waals surface area contributed by atoms with E-state index in [0.29, 0.717) is 0 Å². The van der Waals surface area contributed by atoms with Crippen molar-refractivity contribution in [1.82, 2.24) is 0 Å². The Kier molecular flexibility index (Phi) is 57.5. The molecule has 0 N–H and O–H groups in total. The average molecular weight is 960 g/mol. The van der Waals surface area contributed by atoms with Crippen molar-refractivity contribution in [2.45, 2.75) is 285 Å². The third-order valence-corrected chi connectivity index (χ3v) is 12.8. The van der Waals surface area contributed by atoms with Crippen molar-refractivity contribution in [3.05, 3.63) is 24.3 Å². The Morgan fingerprint density at radius 3 is 0.778 bits per heavy atom. The molecule has 0 spiro atoms. The van der Waals surface area contributed by atoms with Gasteiger partial charge in [-0.1, -0.05) is 270 Å². The predicted molar refractivity (Wildman–Crippen MR) is 270 cm³/mol. The molecule has 0 rings (SSSR count). The summed E-state index contributed by atoms with van der Waals surface area (Å²) in [4.78, 5) is 0. The van der Waals surface area contributed by atoms with Gasteiger partial charge in [-0.3, -0.25) is 8.37 Å². The summed E-state index contributed by atoms with van der Waals surface area (Å²) in [5.41, 5.74) is 0. The number of hydrogen-bond donors (Lipinski definition) is 0. The van der Waals surface area contributed by atoms with Gasteiger partial charge in [-0.2, -0.15) is 0 Å². The fourth-order valence-electron chi connectivity index (χ4n) is 7.97. The Balaban J connectivity index is -0.00000112. The van der Waals surface area contributed by atoms with Crippen LogP contribution in [0.4, 0.5) is 0 Å². The topological polar surface area (TPSA) is 133 Å². The largest absolute Gasteiger partial charge is 2.00 e. The minimum absolute atomic E-state index is 0. The molecule has 0 heterocycles. The number of unbranched alkanes of at least 4 members (excludes halogenated alkanes) is 34. The molecule has 63 heavy (non-hydrogen) atoms. The summed E-state index contributed by atoms with van der Waals surface area (Å²) in [5, 5.41) is 0. The number of hydrogen-bond acceptors (Lipinski definition) is 8. The van der Waals surface area contributed by atoms with Crippen molar-refractivity contribution in [1.29, 1.82) is 0 Å². The summed E-state index contributed by atoms with van der Waals surface area (Å²) in [6, 6.07) is 0. The van der Waals surface area contributed by atoms with Gasteiger partial charge in [0.25, 0.3) is 0 Å². The first-order chi connectivity index (χ1) is 30.0. The quantitative estimate of drug-likeness (QED) is 0.0194. The summed E-state index contributed by atoms with van der Waals surface area (Å²) in [6.07, 6.45) is 58.9. The normalized spacial score (nSPS) is 13.0. The SMILES string of the molecule is CCCCCCC/C=C/C(CCCCCCCCCCCCCCC)COS(=O)(=O)[O-].CCCCCCC/C=C/C(CCCCCCCCCCCCCCC)COS(=O)(=O)[O-].[Ca+2]. The van der Waals surface area contributed by atoms with Gasteiger partial charge in [0.2, 0.25) is 20.8 Å². The summed E-state index contributed by atoms with van der Waals surface area (Å²) >= 11 is 0. The molecule has 8 nitrogen and oxygen atoms in total. The van der Waals surface area contributed by atoms with Gasteiger partial charge >= 0.3 is 37.7 Å². The van der Waals surface area contributed by atoms with E-state index in [0.717, 1.165) is 38.5 Å². The maximum atomic E-state index is 10.8. The molecule has 0 saturated heterocycles.